The van der Waals surface area contributed by atoms with E-state index in [0.29, 0.717) is 0 Å². The van der Waals surface area contributed by atoms with Crippen LogP contribution in [0, 0.1) is 0 Å². The Kier molecular flexibility index (Phi) is 4.22. The standard InChI is InChI=1S/C16H23N3S/c1-2-8-19-11-13(10-18-19)16(17)15-9-12-6-4-3-5-7-14(12)20-15/h9-11,16H,2-8,17H2,1H3. The van der Waals surface area contributed by atoms with Gasteiger partial charge in [-0.3, -0.25) is 4.68 Å². The number of hydrogen-bond donors (Lipinski definition) is 1. The van der Waals surface area contributed by atoms with E-state index in [2.05, 4.69) is 24.3 Å². The molecule has 3 nitrogen and oxygen atoms in total. The van der Waals surface area contributed by atoms with Gasteiger partial charge in [-0.1, -0.05) is 13.3 Å². The summed E-state index contributed by atoms with van der Waals surface area (Å²) in [6.45, 7) is 3.13. The van der Waals surface area contributed by atoms with E-state index in [4.69, 9.17) is 5.73 Å². The molecule has 0 spiro atoms. The summed E-state index contributed by atoms with van der Waals surface area (Å²) in [5.74, 6) is 0. The highest BCUT2D eigenvalue weighted by Crippen LogP contribution is 2.33. The fourth-order valence-corrected chi connectivity index (χ4v) is 4.19. The number of rotatable bonds is 4. The molecule has 0 saturated carbocycles. The molecule has 1 atom stereocenters. The van der Waals surface area contributed by atoms with Crippen LogP contribution in [0.2, 0.25) is 0 Å². The predicted molar refractivity (Wildman–Crippen MR) is 84.1 cm³/mol. The van der Waals surface area contributed by atoms with Crippen LogP contribution >= 0.6 is 11.3 Å². The van der Waals surface area contributed by atoms with Gasteiger partial charge in [0.25, 0.3) is 0 Å². The summed E-state index contributed by atoms with van der Waals surface area (Å²) in [5.41, 5.74) is 9.11. The first-order valence-electron chi connectivity index (χ1n) is 7.67. The lowest BCUT2D eigenvalue weighted by molar-refractivity contribution is 0.602. The van der Waals surface area contributed by atoms with E-state index in [1.165, 1.54) is 37.0 Å². The minimum absolute atomic E-state index is 0.0162. The van der Waals surface area contributed by atoms with E-state index in [0.717, 1.165) is 18.5 Å². The van der Waals surface area contributed by atoms with E-state index in [-0.39, 0.29) is 6.04 Å². The molecule has 20 heavy (non-hydrogen) atoms. The van der Waals surface area contributed by atoms with Gasteiger partial charge in [0.15, 0.2) is 0 Å². The summed E-state index contributed by atoms with van der Waals surface area (Å²) >= 11 is 1.91. The van der Waals surface area contributed by atoms with Gasteiger partial charge in [0, 0.05) is 28.1 Å². The summed E-state index contributed by atoms with van der Waals surface area (Å²) in [5, 5.41) is 4.39. The summed E-state index contributed by atoms with van der Waals surface area (Å²) in [6, 6.07) is 2.32. The zero-order valence-corrected chi connectivity index (χ0v) is 13.0. The Balaban J connectivity index is 1.80. The lowest BCUT2D eigenvalue weighted by Crippen LogP contribution is -2.09. The summed E-state index contributed by atoms with van der Waals surface area (Å²) in [7, 11) is 0. The lowest BCUT2D eigenvalue weighted by Gasteiger charge is -2.06. The van der Waals surface area contributed by atoms with Gasteiger partial charge in [0.2, 0.25) is 0 Å². The van der Waals surface area contributed by atoms with E-state index in [1.807, 2.05) is 22.2 Å². The zero-order chi connectivity index (χ0) is 13.9. The first kappa shape index (κ1) is 13.8. The summed E-state index contributed by atoms with van der Waals surface area (Å²) in [6.07, 6.45) is 11.6. The van der Waals surface area contributed by atoms with Gasteiger partial charge in [-0.05, 0) is 43.7 Å². The van der Waals surface area contributed by atoms with Crippen molar-refractivity contribution in [3.63, 3.8) is 0 Å². The third-order valence-corrected chi connectivity index (χ3v) is 5.36. The molecule has 1 unspecified atom stereocenters. The Hall–Kier alpha value is -1.13. The van der Waals surface area contributed by atoms with Gasteiger partial charge in [-0.25, -0.2) is 0 Å². The van der Waals surface area contributed by atoms with Crippen LogP contribution in [0.1, 0.15) is 59.5 Å². The van der Waals surface area contributed by atoms with Gasteiger partial charge in [0.1, 0.15) is 0 Å². The van der Waals surface area contributed by atoms with Crippen LogP contribution in [0.3, 0.4) is 0 Å². The average molecular weight is 289 g/mol. The zero-order valence-electron chi connectivity index (χ0n) is 12.1. The van der Waals surface area contributed by atoms with E-state index >= 15 is 0 Å². The number of nitrogens with two attached hydrogens (primary N) is 1. The molecule has 0 amide bonds. The van der Waals surface area contributed by atoms with E-state index in [1.54, 1.807) is 10.4 Å². The Morgan fingerprint density at radius 2 is 2.20 bits per heavy atom. The molecule has 0 fully saturated rings. The second-order valence-corrected chi connectivity index (χ2v) is 6.84. The SMILES string of the molecule is CCCn1cc(C(N)c2cc3c(s2)CCCCC3)cn1. The van der Waals surface area contributed by atoms with Crippen molar-refractivity contribution in [2.45, 2.75) is 58.0 Å². The molecule has 0 saturated heterocycles. The van der Waals surface area contributed by atoms with Crippen molar-refractivity contribution in [2.75, 3.05) is 0 Å². The number of fused-ring (bicyclic) bond motifs is 1. The Morgan fingerprint density at radius 1 is 1.35 bits per heavy atom. The summed E-state index contributed by atoms with van der Waals surface area (Å²) in [4.78, 5) is 2.86. The largest absolute Gasteiger partial charge is 0.320 e. The topological polar surface area (TPSA) is 43.8 Å². The van der Waals surface area contributed by atoms with Crippen LogP contribution in [-0.4, -0.2) is 9.78 Å². The average Bonchev–Trinajstić information content (AvgIpc) is 3.01. The molecule has 2 heterocycles. The molecule has 0 aromatic carbocycles. The van der Waals surface area contributed by atoms with Crippen LogP contribution in [0.15, 0.2) is 18.5 Å². The molecule has 0 bridgehead atoms. The Labute approximate surface area is 124 Å². The van der Waals surface area contributed by atoms with Gasteiger partial charge >= 0.3 is 0 Å². The third kappa shape index (κ3) is 2.81. The van der Waals surface area contributed by atoms with Crippen molar-refractivity contribution >= 4 is 11.3 Å². The number of hydrogen-bond acceptors (Lipinski definition) is 3. The number of aromatic nitrogens is 2. The van der Waals surface area contributed by atoms with Crippen molar-refractivity contribution in [3.05, 3.63) is 39.3 Å². The monoisotopic (exact) mass is 289 g/mol. The third-order valence-electron chi connectivity index (χ3n) is 4.04. The van der Waals surface area contributed by atoms with Gasteiger partial charge in [0.05, 0.1) is 12.2 Å². The Bertz CT molecular complexity index is 547. The maximum atomic E-state index is 6.43. The molecule has 0 radical (unpaired) electrons. The van der Waals surface area contributed by atoms with Gasteiger partial charge in [-0.15, -0.1) is 11.3 Å². The highest BCUT2D eigenvalue weighted by molar-refractivity contribution is 7.12. The maximum absolute atomic E-state index is 6.43. The highest BCUT2D eigenvalue weighted by atomic mass is 32.1. The molecule has 2 N–H and O–H groups in total. The molecular formula is C16H23N3S. The maximum Gasteiger partial charge on any atom is 0.0677 e. The van der Waals surface area contributed by atoms with E-state index in [9.17, 15) is 0 Å². The lowest BCUT2D eigenvalue weighted by atomic mass is 10.1. The quantitative estimate of drug-likeness (QED) is 0.873. The molecule has 1 aliphatic rings. The van der Waals surface area contributed by atoms with Crippen molar-refractivity contribution in [3.8, 4) is 0 Å². The fraction of sp³-hybridized carbons (Fsp3) is 0.562. The van der Waals surface area contributed by atoms with Crippen molar-refractivity contribution in [2.24, 2.45) is 5.73 Å². The molecule has 108 valence electrons. The van der Waals surface area contributed by atoms with Crippen molar-refractivity contribution < 1.29 is 0 Å². The molecule has 0 aliphatic heterocycles. The predicted octanol–water partition coefficient (Wildman–Crippen LogP) is 3.67. The Morgan fingerprint density at radius 3 is 3.05 bits per heavy atom. The molecule has 2 aromatic rings. The molecule has 3 rings (SSSR count). The first-order valence-corrected chi connectivity index (χ1v) is 8.49. The van der Waals surface area contributed by atoms with Crippen LogP contribution in [0.5, 0.6) is 0 Å². The highest BCUT2D eigenvalue weighted by Gasteiger charge is 2.18. The second-order valence-electron chi connectivity index (χ2n) is 5.67. The van der Waals surface area contributed by atoms with Gasteiger partial charge in [-0.2, -0.15) is 5.10 Å². The van der Waals surface area contributed by atoms with E-state index < -0.39 is 0 Å². The molecule has 2 aromatic heterocycles. The molecule has 4 heteroatoms. The number of thiophene rings is 1. The van der Waals surface area contributed by atoms with Crippen molar-refractivity contribution in [1.82, 2.24) is 9.78 Å². The normalized spacial score (nSPS) is 16.7. The van der Waals surface area contributed by atoms with Gasteiger partial charge < -0.3 is 5.73 Å². The first-order chi connectivity index (χ1) is 9.78. The minimum Gasteiger partial charge on any atom is -0.320 e. The number of nitrogens with zero attached hydrogens (tertiary/aromatic N) is 2. The van der Waals surface area contributed by atoms with Crippen LogP contribution < -0.4 is 5.73 Å². The van der Waals surface area contributed by atoms with Crippen molar-refractivity contribution in [1.29, 1.82) is 0 Å². The van der Waals surface area contributed by atoms with Crippen LogP contribution in [-0.2, 0) is 19.4 Å². The second kappa shape index (κ2) is 6.10. The minimum atomic E-state index is -0.0162. The summed E-state index contributed by atoms with van der Waals surface area (Å²) < 4.78 is 1.99. The molecule has 1 aliphatic carbocycles. The number of aryl methyl sites for hydroxylation is 3. The molecular weight excluding hydrogens is 266 g/mol. The smallest absolute Gasteiger partial charge is 0.0677 e. The fourth-order valence-electron chi connectivity index (χ4n) is 2.90. The van der Waals surface area contributed by atoms with Crippen LogP contribution in [0.4, 0.5) is 0 Å². The van der Waals surface area contributed by atoms with Crippen LogP contribution in [0.25, 0.3) is 0 Å².